The number of fused-ring (bicyclic) bond motifs is 4. The number of ether oxygens (including phenoxy) is 1. The first kappa shape index (κ1) is 22.1. The van der Waals surface area contributed by atoms with E-state index in [1.54, 1.807) is 12.3 Å². The van der Waals surface area contributed by atoms with Crippen molar-refractivity contribution in [2.24, 2.45) is 0 Å². The van der Waals surface area contributed by atoms with E-state index >= 15 is 4.39 Å². The summed E-state index contributed by atoms with van der Waals surface area (Å²) in [7, 11) is 4.03. The maximum Gasteiger partial charge on any atom is 0.143 e. The van der Waals surface area contributed by atoms with Crippen LogP contribution in [0.15, 0.2) is 48.8 Å². The molecule has 2 aliphatic heterocycles. The topological polar surface area (TPSA) is 56.4 Å². The maximum atomic E-state index is 15.1. The van der Waals surface area contributed by atoms with Gasteiger partial charge in [0.1, 0.15) is 18.2 Å². The summed E-state index contributed by atoms with van der Waals surface area (Å²) >= 11 is 0. The number of pyridine rings is 1. The normalized spacial score (nSPS) is 17.8. The van der Waals surface area contributed by atoms with E-state index in [-0.39, 0.29) is 5.82 Å². The van der Waals surface area contributed by atoms with E-state index < -0.39 is 0 Å². The molecule has 2 N–H and O–H groups in total. The van der Waals surface area contributed by atoms with E-state index in [1.165, 1.54) is 5.69 Å². The lowest BCUT2D eigenvalue weighted by molar-refractivity contribution is 0.188. The van der Waals surface area contributed by atoms with Gasteiger partial charge in [-0.05, 0) is 62.0 Å². The average molecular weight is 472 g/mol. The number of rotatable bonds is 4. The molecule has 180 valence electrons. The molecule has 0 radical (unpaired) electrons. The van der Waals surface area contributed by atoms with E-state index in [4.69, 9.17) is 4.74 Å². The van der Waals surface area contributed by atoms with Crippen molar-refractivity contribution >= 4 is 16.6 Å². The molecule has 1 unspecified atom stereocenters. The van der Waals surface area contributed by atoms with Crippen LogP contribution in [0.25, 0.3) is 33.3 Å². The fourth-order valence-electron chi connectivity index (χ4n) is 5.53. The lowest BCUT2D eigenvalue weighted by Crippen LogP contribution is -2.56. The highest BCUT2D eigenvalue weighted by Crippen LogP contribution is 2.40. The Hall–Kier alpha value is -3.42. The maximum absolute atomic E-state index is 15.1. The Morgan fingerprint density at radius 2 is 2.09 bits per heavy atom. The smallest absolute Gasteiger partial charge is 0.143 e. The van der Waals surface area contributed by atoms with Crippen molar-refractivity contribution < 1.29 is 9.13 Å². The van der Waals surface area contributed by atoms with Crippen molar-refractivity contribution in [2.75, 3.05) is 45.2 Å². The summed E-state index contributed by atoms with van der Waals surface area (Å²) in [6, 6.07) is 12.5. The van der Waals surface area contributed by atoms with Crippen LogP contribution < -0.4 is 15.0 Å². The summed E-state index contributed by atoms with van der Waals surface area (Å²) < 4.78 is 21.3. The third-order valence-electron chi connectivity index (χ3n) is 7.25. The Bertz CT molecular complexity index is 1390. The van der Waals surface area contributed by atoms with Crippen LogP contribution in [0.1, 0.15) is 11.1 Å². The lowest BCUT2D eigenvalue weighted by atomic mass is 9.98. The molecule has 2 aromatic heterocycles. The van der Waals surface area contributed by atoms with Crippen LogP contribution in [0, 0.1) is 12.7 Å². The van der Waals surface area contributed by atoms with Crippen LogP contribution in [-0.2, 0) is 6.54 Å². The van der Waals surface area contributed by atoms with Crippen molar-refractivity contribution in [3.05, 3.63) is 65.7 Å². The number of nitrogens with zero attached hydrogens (tertiary/aromatic N) is 3. The largest absolute Gasteiger partial charge is 0.489 e. The second-order valence-corrected chi connectivity index (χ2v) is 9.72. The van der Waals surface area contributed by atoms with Crippen LogP contribution in [0.4, 0.5) is 10.1 Å². The summed E-state index contributed by atoms with van der Waals surface area (Å²) in [6.45, 7) is 6.35. The number of aryl methyl sites for hydroxylation is 1. The van der Waals surface area contributed by atoms with Gasteiger partial charge in [0.15, 0.2) is 0 Å². The molecule has 0 aliphatic carbocycles. The molecule has 7 heteroatoms. The van der Waals surface area contributed by atoms with Crippen LogP contribution in [-0.4, -0.2) is 61.2 Å². The molecule has 6 rings (SSSR count). The monoisotopic (exact) mass is 471 g/mol. The molecule has 4 aromatic rings. The highest BCUT2D eigenvalue weighted by molar-refractivity contribution is 5.97. The zero-order chi connectivity index (χ0) is 24.1. The van der Waals surface area contributed by atoms with E-state index in [1.807, 2.05) is 32.3 Å². The van der Waals surface area contributed by atoms with E-state index in [0.717, 1.165) is 58.5 Å². The van der Waals surface area contributed by atoms with Gasteiger partial charge in [-0.1, -0.05) is 12.1 Å². The summed E-state index contributed by atoms with van der Waals surface area (Å²) in [6.07, 6.45) is 3.79. The molecule has 35 heavy (non-hydrogen) atoms. The molecule has 1 saturated heterocycles. The lowest BCUT2D eigenvalue weighted by Gasteiger charge is -2.44. The summed E-state index contributed by atoms with van der Waals surface area (Å²) in [4.78, 5) is 12.7. The Morgan fingerprint density at radius 3 is 2.91 bits per heavy atom. The standard InChI is InChI=1S/C28H30FN5O/c1-17-8-18(12-30-2)9-23(29)28(17)24-11-21-22(13-31-25(21)14-32-24)19-4-5-26-27(10-19)35-16-20-15-33(3)6-7-34(20)26/h4-5,8-11,13-14,20,30-31H,6-7,12,15-16H2,1-3H3. The number of piperazine rings is 1. The third kappa shape index (κ3) is 3.85. The van der Waals surface area contributed by atoms with Gasteiger partial charge in [0.2, 0.25) is 0 Å². The Morgan fingerprint density at radius 1 is 1.20 bits per heavy atom. The van der Waals surface area contributed by atoms with Gasteiger partial charge in [-0.15, -0.1) is 0 Å². The zero-order valence-electron chi connectivity index (χ0n) is 20.4. The molecule has 0 bridgehead atoms. The fourth-order valence-corrected chi connectivity index (χ4v) is 5.53. The number of likely N-dealkylation sites (N-methyl/N-ethyl adjacent to an activating group) is 1. The number of halogens is 1. The summed E-state index contributed by atoms with van der Waals surface area (Å²) in [5, 5.41) is 4.10. The first-order valence-corrected chi connectivity index (χ1v) is 12.2. The minimum absolute atomic E-state index is 0.247. The summed E-state index contributed by atoms with van der Waals surface area (Å²) in [5.74, 6) is 0.678. The van der Waals surface area contributed by atoms with Crippen molar-refractivity contribution in [1.29, 1.82) is 0 Å². The molecular formula is C28H30FN5O. The number of benzene rings is 2. The summed E-state index contributed by atoms with van der Waals surface area (Å²) in [5.41, 5.74) is 7.20. The highest BCUT2D eigenvalue weighted by atomic mass is 19.1. The Balaban J connectivity index is 1.38. The van der Waals surface area contributed by atoms with Gasteiger partial charge in [0.25, 0.3) is 0 Å². The SMILES string of the molecule is CNCc1cc(C)c(-c2cc3c(-c4ccc5c(c4)OCC4CN(C)CCN54)c[nH]c3cn2)c(F)c1. The van der Waals surface area contributed by atoms with Gasteiger partial charge in [-0.2, -0.15) is 0 Å². The third-order valence-corrected chi connectivity index (χ3v) is 7.25. The first-order valence-electron chi connectivity index (χ1n) is 12.2. The second kappa shape index (κ2) is 8.66. The number of aromatic nitrogens is 2. The van der Waals surface area contributed by atoms with Gasteiger partial charge in [0, 0.05) is 48.9 Å². The minimum atomic E-state index is -0.247. The molecule has 1 fully saturated rings. The number of nitrogens with one attached hydrogen (secondary N) is 2. The number of hydrogen-bond acceptors (Lipinski definition) is 5. The molecule has 1 atom stereocenters. The minimum Gasteiger partial charge on any atom is -0.489 e. The van der Waals surface area contributed by atoms with Crippen LogP contribution in [0.5, 0.6) is 5.75 Å². The van der Waals surface area contributed by atoms with E-state index in [2.05, 4.69) is 50.3 Å². The quantitative estimate of drug-likeness (QED) is 0.457. The second-order valence-electron chi connectivity index (χ2n) is 9.72. The zero-order valence-corrected chi connectivity index (χ0v) is 20.4. The van der Waals surface area contributed by atoms with E-state index in [0.29, 0.717) is 30.5 Å². The highest BCUT2D eigenvalue weighted by Gasteiger charge is 2.31. The molecule has 0 spiro atoms. The van der Waals surface area contributed by atoms with Gasteiger partial charge in [-0.25, -0.2) is 4.39 Å². The van der Waals surface area contributed by atoms with E-state index in [9.17, 15) is 0 Å². The predicted molar refractivity (Wildman–Crippen MR) is 139 cm³/mol. The Kier molecular flexibility index (Phi) is 5.46. The number of anilines is 1. The van der Waals surface area contributed by atoms with Crippen molar-refractivity contribution in [1.82, 2.24) is 20.2 Å². The fraction of sp³-hybridized carbons (Fsp3) is 0.321. The molecule has 6 nitrogen and oxygen atoms in total. The van der Waals surface area contributed by atoms with Crippen molar-refractivity contribution in [3.63, 3.8) is 0 Å². The van der Waals surface area contributed by atoms with Gasteiger partial charge in [-0.3, -0.25) is 4.98 Å². The first-order chi connectivity index (χ1) is 17.0. The van der Waals surface area contributed by atoms with Crippen LogP contribution in [0.2, 0.25) is 0 Å². The van der Waals surface area contributed by atoms with Crippen LogP contribution >= 0.6 is 0 Å². The molecule has 4 heterocycles. The van der Waals surface area contributed by atoms with Crippen molar-refractivity contribution in [3.8, 4) is 28.1 Å². The molecule has 0 saturated carbocycles. The van der Waals surface area contributed by atoms with Gasteiger partial charge >= 0.3 is 0 Å². The average Bonchev–Trinajstić information content (AvgIpc) is 3.26. The molecule has 2 aromatic carbocycles. The van der Waals surface area contributed by atoms with Crippen LogP contribution in [0.3, 0.4) is 0 Å². The number of aromatic amines is 1. The molecular weight excluding hydrogens is 441 g/mol. The van der Waals surface area contributed by atoms with Crippen molar-refractivity contribution in [2.45, 2.75) is 19.5 Å². The molecule has 0 amide bonds. The Labute approximate surface area is 204 Å². The van der Waals surface area contributed by atoms with Gasteiger partial charge < -0.3 is 24.8 Å². The number of hydrogen-bond donors (Lipinski definition) is 2. The van der Waals surface area contributed by atoms with Gasteiger partial charge in [0.05, 0.1) is 29.1 Å². The molecule has 2 aliphatic rings. The predicted octanol–water partition coefficient (Wildman–Crippen LogP) is 4.58. The number of H-pyrrole nitrogens is 1.